The summed E-state index contributed by atoms with van der Waals surface area (Å²) < 4.78 is 9.12. The summed E-state index contributed by atoms with van der Waals surface area (Å²) in [6.45, 7) is 3.72. The molecule has 130 valence electrons. The molecule has 6 heteroatoms. The van der Waals surface area contributed by atoms with E-state index in [0.717, 1.165) is 33.7 Å². The number of carboxylic acids is 1. The summed E-state index contributed by atoms with van der Waals surface area (Å²) >= 11 is 0. The summed E-state index contributed by atoms with van der Waals surface area (Å²) in [6, 6.07) is 7.89. The van der Waals surface area contributed by atoms with Crippen LogP contribution >= 0.6 is 0 Å². The van der Waals surface area contributed by atoms with E-state index in [-0.39, 0.29) is 0 Å². The van der Waals surface area contributed by atoms with Gasteiger partial charge in [-0.3, -0.25) is 4.68 Å². The molecule has 0 bridgehead atoms. The van der Waals surface area contributed by atoms with Gasteiger partial charge in [-0.15, -0.1) is 0 Å². The van der Waals surface area contributed by atoms with Crippen LogP contribution in [0.1, 0.15) is 24.6 Å². The van der Waals surface area contributed by atoms with Gasteiger partial charge >= 0.3 is 5.97 Å². The standard InChI is InChI=1S/C19H21N3O3/c1-5-13(19(23)24)10-16-12(2)20-21(3)18(16)22-9-8-14-6-7-15(25-4)11-17(14)22/h6-11H,5H2,1-4H3,(H,23,24). The quantitative estimate of drug-likeness (QED) is 0.722. The van der Waals surface area contributed by atoms with Crippen molar-refractivity contribution in [2.45, 2.75) is 20.3 Å². The predicted molar refractivity (Wildman–Crippen MR) is 97.2 cm³/mol. The maximum Gasteiger partial charge on any atom is 0.331 e. The van der Waals surface area contributed by atoms with E-state index in [1.165, 1.54) is 0 Å². The van der Waals surface area contributed by atoms with Crippen LogP contribution in [0.15, 0.2) is 36.0 Å². The number of aromatic nitrogens is 3. The van der Waals surface area contributed by atoms with Gasteiger partial charge in [0, 0.05) is 35.8 Å². The van der Waals surface area contributed by atoms with Crippen LogP contribution in [0.3, 0.4) is 0 Å². The molecule has 0 aliphatic rings. The lowest BCUT2D eigenvalue weighted by molar-refractivity contribution is -0.132. The number of carboxylic acid groups (broad SMARTS) is 1. The molecule has 2 heterocycles. The van der Waals surface area contributed by atoms with Crippen molar-refractivity contribution in [3.63, 3.8) is 0 Å². The molecule has 1 N–H and O–H groups in total. The smallest absolute Gasteiger partial charge is 0.331 e. The first-order chi connectivity index (χ1) is 12.0. The Labute approximate surface area is 145 Å². The highest BCUT2D eigenvalue weighted by Gasteiger charge is 2.17. The fourth-order valence-corrected chi connectivity index (χ4v) is 3.03. The molecule has 0 radical (unpaired) electrons. The van der Waals surface area contributed by atoms with Gasteiger partial charge in [0.1, 0.15) is 11.6 Å². The first-order valence-corrected chi connectivity index (χ1v) is 8.09. The lowest BCUT2D eigenvalue weighted by atomic mass is 10.1. The molecule has 0 atom stereocenters. The third kappa shape index (κ3) is 2.91. The van der Waals surface area contributed by atoms with Crippen molar-refractivity contribution in [2.75, 3.05) is 7.11 Å². The van der Waals surface area contributed by atoms with Crippen molar-refractivity contribution >= 4 is 22.9 Å². The summed E-state index contributed by atoms with van der Waals surface area (Å²) in [6.07, 6.45) is 4.12. The molecule has 0 aliphatic carbocycles. The second-order valence-electron chi connectivity index (χ2n) is 5.89. The molecule has 0 aliphatic heterocycles. The molecule has 0 spiro atoms. The molecule has 1 aromatic carbocycles. The van der Waals surface area contributed by atoms with Crippen molar-refractivity contribution in [3.05, 3.63) is 47.3 Å². The van der Waals surface area contributed by atoms with Gasteiger partial charge in [0.2, 0.25) is 0 Å². The van der Waals surface area contributed by atoms with Gasteiger partial charge in [-0.25, -0.2) is 4.79 Å². The zero-order valence-electron chi connectivity index (χ0n) is 14.8. The Bertz CT molecular complexity index is 979. The van der Waals surface area contributed by atoms with Gasteiger partial charge in [0.25, 0.3) is 0 Å². The average molecular weight is 339 g/mol. The molecular weight excluding hydrogens is 318 g/mol. The van der Waals surface area contributed by atoms with E-state index in [0.29, 0.717) is 12.0 Å². The SMILES string of the molecule is CCC(=Cc1c(C)nn(C)c1-n1ccc2ccc(OC)cc21)C(=O)O. The lowest BCUT2D eigenvalue weighted by Crippen LogP contribution is -2.04. The molecule has 0 saturated heterocycles. The van der Waals surface area contributed by atoms with E-state index < -0.39 is 5.97 Å². The lowest BCUT2D eigenvalue weighted by Gasteiger charge is -2.09. The van der Waals surface area contributed by atoms with Crippen LogP contribution < -0.4 is 4.74 Å². The van der Waals surface area contributed by atoms with Gasteiger partial charge in [0.15, 0.2) is 0 Å². The number of ether oxygens (including phenoxy) is 1. The van der Waals surface area contributed by atoms with Crippen LogP contribution in [-0.4, -0.2) is 32.5 Å². The van der Waals surface area contributed by atoms with E-state index >= 15 is 0 Å². The minimum absolute atomic E-state index is 0.353. The molecule has 0 unspecified atom stereocenters. The number of carbonyl (C=O) groups is 1. The second kappa shape index (κ2) is 6.47. The molecule has 0 fully saturated rings. The summed E-state index contributed by atoms with van der Waals surface area (Å²) in [7, 11) is 3.50. The summed E-state index contributed by atoms with van der Waals surface area (Å²) in [5.41, 5.74) is 2.92. The van der Waals surface area contributed by atoms with Crippen LogP contribution in [0, 0.1) is 6.92 Å². The number of methoxy groups -OCH3 is 1. The molecule has 6 nitrogen and oxygen atoms in total. The summed E-state index contributed by atoms with van der Waals surface area (Å²) in [4.78, 5) is 11.4. The zero-order valence-corrected chi connectivity index (χ0v) is 14.8. The van der Waals surface area contributed by atoms with E-state index in [1.807, 2.05) is 55.9 Å². The number of hydrogen-bond donors (Lipinski definition) is 1. The van der Waals surface area contributed by atoms with E-state index in [2.05, 4.69) is 5.10 Å². The first-order valence-electron chi connectivity index (χ1n) is 8.09. The van der Waals surface area contributed by atoms with Gasteiger partial charge in [0.05, 0.1) is 18.3 Å². The second-order valence-corrected chi connectivity index (χ2v) is 5.89. The molecule has 25 heavy (non-hydrogen) atoms. The number of hydrogen-bond acceptors (Lipinski definition) is 3. The number of aliphatic carboxylic acids is 1. The van der Waals surface area contributed by atoms with Crippen molar-refractivity contribution < 1.29 is 14.6 Å². The largest absolute Gasteiger partial charge is 0.497 e. The van der Waals surface area contributed by atoms with E-state index in [9.17, 15) is 9.90 Å². The van der Waals surface area contributed by atoms with Crippen LogP contribution in [0.2, 0.25) is 0 Å². The topological polar surface area (TPSA) is 69.3 Å². The van der Waals surface area contributed by atoms with Gasteiger partial charge in [-0.1, -0.05) is 6.92 Å². The molecule has 2 aromatic heterocycles. The van der Waals surface area contributed by atoms with E-state index in [4.69, 9.17) is 4.74 Å². The normalized spacial score (nSPS) is 11.9. The monoisotopic (exact) mass is 339 g/mol. The number of fused-ring (bicyclic) bond motifs is 1. The molecule has 0 saturated carbocycles. The fourth-order valence-electron chi connectivity index (χ4n) is 3.03. The minimum Gasteiger partial charge on any atom is -0.497 e. The molecule has 3 rings (SSSR count). The number of aryl methyl sites for hydroxylation is 2. The first kappa shape index (κ1) is 16.8. The third-order valence-corrected chi connectivity index (χ3v) is 4.34. The Balaban J connectivity index is 2.27. The maximum atomic E-state index is 11.4. The van der Waals surface area contributed by atoms with Crippen molar-refractivity contribution in [1.29, 1.82) is 0 Å². The highest BCUT2D eigenvalue weighted by Crippen LogP contribution is 2.28. The average Bonchev–Trinajstić information content (AvgIpc) is 3.11. The fraction of sp³-hybridized carbons (Fsp3) is 0.263. The molecule has 0 amide bonds. The van der Waals surface area contributed by atoms with Crippen molar-refractivity contribution in [2.24, 2.45) is 7.05 Å². The Morgan fingerprint density at radius 2 is 2.12 bits per heavy atom. The predicted octanol–water partition coefficient (Wildman–Crippen LogP) is 3.56. The Hall–Kier alpha value is -3.02. The van der Waals surface area contributed by atoms with Crippen LogP contribution in [-0.2, 0) is 11.8 Å². The third-order valence-electron chi connectivity index (χ3n) is 4.34. The maximum absolute atomic E-state index is 11.4. The van der Waals surface area contributed by atoms with Gasteiger partial charge in [-0.2, -0.15) is 5.10 Å². The molecular formula is C19H21N3O3. The van der Waals surface area contributed by atoms with Crippen LogP contribution in [0.5, 0.6) is 5.75 Å². The Morgan fingerprint density at radius 3 is 2.76 bits per heavy atom. The Kier molecular flexibility index (Phi) is 4.35. The van der Waals surface area contributed by atoms with Gasteiger partial charge < -0.3 is 14.4 Å². The summed E-state index contributed by atoms with van der Waals surface area (Å²) in [5.74, 6) is 0.687. The Morgan fingerprint density at radius 1 is 1.36 bits per heavy atom. The van der Waals surface area contributed by atoms with Crippen LogP contribution in [0.25, 0.3) is 22.8 Å². The summed E-state index contributed by atoms with van der Waals surface area (Å²) in [5, 5.41) is 14.9. The van der Waals surface area contributed by atoms with Crippen LogP contribution in [0.4, 0.5) is 0 Å². The zero-order chi connectivity index (χ0) is 18.1. The van der Waals surface area contributed by atoms with Crippen molar-refractivity contribution in [1.82, 2.24) is 14.3 Å². The van der Waals surface area contributed by atoms with Crippen molar-refractivity contribution in [3.8, 4) is 11.6 Å². The minimum atomic E-state index is -0.907. The number of rotatable bonds is 5. The van der Waals surface area contributed by atoms with Gasteiger partial charge in [-0.05, 0) is 37.6 Å². The highest BCUT2D eigenvalue weighted by molar-refractivity contribution is 5.93. The van der Waals surface area contributed by atoms with E-state index in [1.54, 1.807) is 17.9 Å². The number of benzene rings is 1. The number of nitrogens with zero attached hydrogens (tertiary/aromatic N) is 3. The molecule has 3 aromatic rings. The highest BCUT2D eigenvalue weighted by atomic mass is 16.5.